The van der Waals surface area contributed by atoms with Gasteiger partial charge < -0.3 is 9.73 Å². The molecule has 2 N–H and O–H groups in total. The Labute approximate surface area is 164 Å². The van der Waals surface area contributed by atoms with Crippen LogP contribution in [0.1, 0.15) is 60.9 Å². The van der Waals surface area contributed by atoms with Crippen molar-refractivity contribution in [1.29, 1.82) is 0 Å². The lowest BCUT2D eigenvalue weighted by Crippen LogP contribution is -2.34. The van der Waals surface area contributed by atoms with Gasteiger partial charge in [0.15, 0.2) is 5.76 Å². The molecule has 4 rings (SSSR count). The molecule has 1 aromatic heterocycles. The molecule has 1 aromatic carbocycles. The molecule has 6 heteroatoms. The van der Waals surface area contributed by atoms with Crippen LogP contribution in [-0.4, -0.2) is 17.5 Å². The number of carbonyl (C=O) groups is 2. The molecule has 6 nitrogen and oxygen atoms in total. The maximum absolute atomic E-state index is 12.5. The van der Waals surface area contributed by atoms with Gasteiger partial charge in [-0.1, -0.05) is 20.8 Å². The van der Waals surface area contributed by atoms with Crippen molar-refractivity contribution in [2.75, 3.05) is 5.32 Å². The average Bonchev–Trinajstić information content (AvgIpc) is 3.33. The van der Waals surface area contributed by atoms with E-state index in [1.165, 1.54) is 12.7 Å². The van der Waals surface area contributed by atoms with E-state index in [2.05, 4.69) is 36.6 Å². The van der Waals surface area contributed by atoms with Crippen LogP contribution >= 0.6 is 0 Å². The van der Waals surface area contributed by atoms with Crippen LogP contribution in [0.25, 0.3) is 0 Å². The number of carbonyl (C=O) groups excluding carboxylic acids is 2. The molecule has 2 atom stereocenters. The molecule has 2 amide bonds. The second-order valence-electron chi connectivity index (χ2n) is 8.50. The van der Waals surface area contributed by atoms with Crippen molar-refractivity contribution < 1.29 is 14.0 Å². The van der Waals surface area contributed by atoms with Gasteiger partial charge in [0.1, 0.15) is 0 Å². The van der Waals surface area contributed by atoms with Gasteiger partial charge in [0, 0.05) is 22.4 Å². The highest BCUT2D eigenvalue weighted by Gasteiger charge is 2.60. The maximum Gasteiger partial charge on any atom is 0.291 e. The first-order chi connectivity index (χ1) is 13.3. The Bertz CT molecular complexity index is 928. The Morgan fingerprint density at radius 3 is 2.43 bits per heavy atom. The molecule has 2 bridgehead atoms. The summed E-state index contributed by atoms with van der Waals surface area (Å²) in [5, 5.41) is 7.22. The highest BCUT2D eigenvalue weighted by Crippen LogP contribution is 2.63. The Kier molecular flexibility index (Phi) is 4.37. The zero-order valence-electron chi connectivity index (χ0n) is 16.4. The molecule has 2 fully saturated rings. The van der Waals surface area contributed by atoms with Crippen molar-refractivity contribution in [1.82, 2.24) is 5.43 Å². The van der Waals surface area contributed by atoms with Gasteiger partial charge in [0.25, 0.3) is 11.8 Å². The van der Waals surface area contributed by atoms with Crippen molar-refractivity contribution in [3.8, 4) is 0 Å². The first-order valence-corrected chi connectivity index (χ1v) is 9.63. The van der Waals surface area contributed by atoms with Crippen LogP contribution in [0.3, 0.4) is 0 Å². The zero-order valence-corrected chi connectivity index (χ0v) is 16.4. The van der Waals surface area contributed by atoms with Gasteiger partial charge in [-0.15, -0.1) is 0 Å². The van der Waals surface area contributed by atoms with Gasteiger partial charge in [-0.2, -0.15) is 5.10 Å². The zero-order chi connectivity index (χ0) is 19.9. The quantitative estimate of drug-likeness (QED) is 0.769. The molecule has 0 saturated heterocycles. The highest BCUT2D eigenvalue weighted by atomic mass is 16.3. The van der Waals surface area contributed by atoms with Crippen LogP contribution < -0.4 is 10.7 Å². The Balaban J connectivity index is 1.40. The molecule has 2 saturated carbocycles. The summed E-state index contributed by atoms with van der Waals surface area (Å²) in [4.78, 5) is 24.5. The van der Waals surface area contributed by atoms with Gasteiger partial charge in [-0.05, 0) is 67.0 Å². The van der Waals surface area contributed by atoms with Crippen LogP contribution in [0, 0.1) is 16.7 Å². The highest BCUT2D eigenvalue weighted by molar-refractivity contribution is 6.03. The maximum atomic E-state index is 12.5. The molecular formula is C22H25N3O3. The third-order valence-electron chi connectivity index (χ3n) is 6.95. The summed E-state index contributed by atoms with van der Waals surface area (Å²) in [5.41, 5.74) is 5.19. The number of fused-ring (bicyclic) bond motifs is 2. The standard InChI is InChI=1S/C22H25N3O3/c1-21(2)15-10-11-22(21,3)18(13-15)24-25-19(26)14-6-8-16(9-7-14)23-20(27)17-5-4-12-28-17/h4-9,12,15H,10-11,13H2,1-3H3,(H,23,27)(H,25,26)/b24-18+/t15-,22-/m1/s1. The smallest absolute Gasteiger partial charge is 0.291 e. The van der Waals surface area contributed by atoms with Crippen molar-refractivity contribution in [2.45, 2.75) is 40.0 Å². The summed E-state index contributed by atoms with van der Waals surface area (Å²) in [6.45, 7) is 6.89. The van der Waals surface area contributed by atoms with Crippen LogP contribution in [0.4, 0.5) is 5.69 Å². The summed E-state index contributed by atoms with van der Waals surface area (Å²) < 4.78 is 5.06. The van der Waals surface area contributed by atoms with E-state index >= 15 is 0 Å². The van der Waals surface area contributed by atoms with E-state index in [0.29, 0.717) is 17.2 Å². The van der Waals surface area contributed by atoms with Crippen LogP contribution in [-0.2, 0) is 0 Å². The molecule has 0 aliphatic heterocycles. The number of rotatable bonds is 4. The minimum absolute atomic E-state index is 0.0605. The number of hydrogen-bond acceptors (Lipinski definition) is 4. The van der Waals surface area contributed by atoms with E-state index in [4.69, 9.17) is 4.42 Å². The fourth-order valence-electron chi connectivity index (χ4n) is 4.59. The fourth-order valence-corrected chi connectivity index (χ4v) is 4.59. The minimum Gasteiger partial charge on any atom is -0.459 e. The minimum atomic E-state index is -0.333. The summed E-state index contributed by atoms with van der Waals surface area (Å²) >= 11 is 0. The number of hydrogen-bond donors (Lipinski definition) is 2. The molecule has 28 heavy (non-hydrogen) atoms. The van der Waals surface area contributed by atoms with E-state index in [0.717, 1.165) is 18.6 Å². The molecule has 2 aromatic rings. The average molecular weight is 379 g/mol. The molecule has 2 aliphatic carbocycles. The van der Waals surface area contributed by atoms with Gasteiger partial charge in [0.05, 0.1) is 6.26 Å². The van der Waals surface area contributed by atoms with E-state index in [1.807, 2.05) is 0 Å². The van der Waals surface area contributed by atoms with Crippen LogP contribution in [0.5, 0.6) is 0 Å². The SMILES string of the molecule is CC1(C)[C@@H]2CC[C@]1(C)/C(=N/NC(=O)c1ccc(NC(=O)c3ccco3)cc1)C2. The summed E-state index contributed by atoms with van der Waals surface area (Å²) in [6, 6.07) is 9.95. The van der Waals surface area contributed by atoms with Gasteiger partial charge >= 0.3 is 0 Å². The Morgan fingerprint density at radius 1 is 1.11 bits per heavy atom. The Hall–Kier alpha value is -2.89. The number of amides is 2. The molecule has 2 aliphatic rings. The molecule has 0 spiro atoms. The number of hydrazone groups is 1. The van der Waals surface area contributed by atoms with Gasteiger partial charge in [-0.25, -0.2) is 5.43 Å². The van der Waals surface area contributed by atoms with Crippen molar-refractivity contribution in [3.63, 3.8) is 0 Å². The van der Waals surface area contributed by atoms with E-state index in [9.17, 15) is 9.59 Å². The lowest BCUT2D eigenvalue weighted by Gasteiger charge is -2.34. The molecular weight excluding hydrogens is 354 g/mol. The first-order valence-electron chi connectivity index (χ1n) is 9.63. The number of anilines is 1. The first kappa shape index (κ1) is 18.5. The van der Waals surface area contributed by atoms with Crippen LogP contribution in [0.2, 0.25) is 0 Å². The van der Waals surface area contributed by atoms with Crippen molar-refractivity contribution in [2.24, 2.45) is 21.8 Å². The number of benzene rings is 1. The second-order valence-corrected chi connectivity index (χ2v) is 8.50. The van der Waals surface area contributed by atoms with E-state index in [-0.39, 0.29) is 28.4 Å². The summed E-state index contributed by atoms with van der Waals surface area (Å²) in [6.07, 6.45) is 4.77. The molecule has 0 radical (unpaired) electrons. The fraction of sp³-hybridized carbons (Fsp3) is 0.409. The second kappa shape index (κ2) is 6.62. The normalized spacial score (nSPS) is 26.4. The number of nitrogens with zero attached hydrogens (tertiary/aromatic N) is 1. The van der Waals surface area contributed by atoms with E-state index in [1.54, 1.807) is 36.4 Å². The van der Waals surface area contributed by atoms with E-state index < -0.39 is 0 Å². The predicted octanol–water partition coefficient (Wildman–Crippen LogP) is 4.46. The van der Waals surface area contributed by atoms with Crippen molar-refractivity contribution >= 4 is 23.2 Å². The lowest BCUT2D eigenvalue weighted by atomic mass is 9.70. The number of furan rings is 1. The summed E-state index contributed by atoms with van der Waals surface area (Å²) in [7, 11) is 0. The number of nitrogens with one attached hydrogen (secondary N) is 2. The van der Waals surface area contributed by atoms with Crippen LogP contribution in [0.15, 0.2) is 52.2 Å². The summed E-state index contributed by atoms with van der Waals surface area (Å²) in [5.74, 6) is 0.298. The molecule has 1 heterocycles. The van der Waals surface area contributed by atoms with Gasteiger partial charge in [-0.3, -0.25) is 9.59 Å². The largest absolute Gasteiger partial charge is 0.459 e. The molecule has 146 valence electrons. The third kappa shape index (κ3) is 2.93. The van der Waals surface area contributed by atoms with Crippen molar-refractivity contribution in [3.05, 3.63) is 54.0 Å². The molecule has 0 unspecified atom stereocenters. The van der Waals surface area contributed by atoms with Gasteiger partial charge in [0.2, 0.25) is 0 Å². The predicted molar refractivity (Wildman–Crippen MR) is 107 cm³/mol. The third-order valence-corrected chi connectivity index (χ3v) is 6.95. The topological polar surface area (TPSA) is 83.7 Å². The Morgan fingerprint density at radius 2 is 1.86 bits per heavy atom. The lowest BCUT2D eigenvalue weighted by molar-refractivity contribution is 0.0953. The monoisotopic (exact) mass is 379 g/mol.